The lowest BCUT2D eigenvalue weighted by molar-refractivity contribution is -0.118. The molecule has 0 unspecified atom stereocenters. The molecule has 0 aliphatic rings. The summed E-state index contributed by atoms with van der Waals surface area (Å²) in [5.74, 6) is 0.199. The zero-order chi connectivity index (χ0) is 18.1. The first-order valence-corrected chi connectivity index (χ1v) is 8.80. The van der Waals surface area contributed by atoms with Gasteiger partial charge in [-0.15, -0.1) is 0 Å². The van der Waals surface area contributed by atoms with Crippen LogP contribution in [-0.4, -0.2) is 22.1 Å². The van der Waals surface area contributed by atoms with Crippen LogP contribution in [0.4, 0.5) is 5.13 Å². The van der Waals surface area contributed by atoms with E-state index in [0.29, 0.717) is 21.7 Å². The van der Waals surface area contributed by atoms with Crippen LogP contribution in [0.5, 0.6) is 5.75 Å². The summed E-state index contributed by atoms with van der Waals surface area (Å²) >= 11 is 1.41. The maximum absolute atomic E-state index is 12.2. The molecule has 4 rings (SSSR count). The van der Waals surface area contributed by atoms with Gasteiger partial charge in [0, 0.05) is 18.6 Å². The minimum absolute atomic E-state index is 0.105. The summed E-state index contributed by atoms with van der Waals surface area (Å²) in [7, 11) is 1.70. The Morgan fingerprint density at radius 2 is 2.00 bits per heavy atom. The molecule has 1 amide bonds. The number of pyridine rings is 1. The summed E-state index contributed by atoms with van der Waals surface area (Å²) in [6, 6.07) is 14.7. The number of rotatable bonds is 4. The SMILES string of the molecule is Cn1ccc2c(OCC(=O)Nc3nc4ccccc4s3)cccc2c1=O. The Balaban J connectivity index is 1.50. The fourth-order valence-electron chi connectivity index (χ4n) is 2.70. The first-order chi connectivity index (χ1) is 12.6. The number of nitrogens with one attached hydrogen (secondary N) is 1. The Hall–Kier alpha value is -3.19. The highest BCUT2D eigenvalue weighted by atomic mass is 32.1. The normalized spacial score (nSPS) is 11.0. The van der Waals surface area contributed by atoms with E-state index in [-0.39, 0.29) is 18.1 Å². The molecule has 2 heterocycles. The van der Waals surface area contributed by atoms with Gasteiger partial charge < -0.3 is 9.30 Å². The molecular formula is C19H15N3O3S. The maximum Gasteiger partial charge on any atom is 0.264 e. The van der Waals surface area contributed by atoms with Gasteiger partial charge in [0.1, 0.15) is 5.75 Å². The van der Waals surface area contributed by atoms with Gasteiger partial charge in [-0.3, -0.25) is 14.9 Å². The largest absolute Gasteiger partial charge is 0.483 e. The highest BCUT2D eigenvalue weighted by Gasteiger charge is 2.10. The molecule has 0 fully saturated rings. The van der Waals surface area contributed by atoms with Gasteiger partial charge in [-0.25, -0.2) is 4.98 Å². The number of aryl methyl sites for hydroxylation is 1. The van der Waals surface area contributed by atoms with Gasteiger partial charge in [-0.1, -0.05) is 29.5 Å². The number of hydrogen-bond donors (Lipinski definition) is 1. The molecule has 2 aromatic carbocycles. The van der Waals surface area contributed by atoms with Crippen LogP contribution < -0.4 is 15.6 Å². The van der Waals surface area contributed by atoms with Crippen molar-refractivity contribution in [3.63, 3.8) is 0 Å². The van der Waals surface area contributed by atoms with Crippen molar-refractivity contribution >= 4 is 43.4 Å². The van der Waals surface area contributed by atoms with Gasteiger partial charge in [-0.2, -0.15) is 0 Å². The smallest absolute Gasteiger partial charge is 0.264 e. The summed E-state index contributed by atoms with van der Waals surface area (Å²) in [4.78, 5) is 28.7. The van der Waals surface area contributed by atoms with Crippen molar-refractivity contribution in [2.75, 3.05) is 11.9 Å². The predicted octanol–water partition coefficient (Wildman–Crippen LogP) is 3.17. The zero-order valence-electron chi connectivity index (χ0n) is 13.9. The van der Waals surface area contributed by atoms with E-state index in [1.54, 1.807) is 37.5 Å². The first kappa shape index (κ1) is 16.3. The minimum Gasteiger partial charge on any atom is -0.483 e. The molecule has 0 aliphatic carbocycles. The van der Waals surface area contributed by atoms with E-state index in [1.165, 1.54) is 15.9 Å². The Bertz CT molecular complexity index is 1150. The van der Waals surface area contributed by atoms with Gasteiger partial charge in [-0.05, 0) is 30.3 Å². The lowest BCUT2D eigenvalue weighted by Gasteiger charge is -2.09. The van der Waals surface area contributed by atoms with Gasteiger partial charge in [0.15, 0.2) is 11.7 Å². The number of carbonyl (C=O) groups is 1. The molecule has 26 heavy (non-hydrogen) atoms. The van der Waals surface area contributed by atoms with E-state index in [2.05, 4.69) is 10.3 Å². The topological polar surface area (TPSA) is 73.2 Å². The Kier molecular flexibility index (Phi) is 4.14. The number of ether oxygens (including phenoxy) is 1. The van der Waals surface area contributed by atoms with Crippen LogP contribution in [0.1, 0.15) is 0 Å². The molecule has 0 bridgehead atoms. The molecule has 0 radical (unpaired) electrons. The number of benzene rings is 2. The molecule has 0 spiro atoms. The third-order valence-corrected chi connectivity index (χ3v) is 4.93. The molecule has 1 N–H and O–H groups in total. The van der Waals surface area contributed by atoms with Gasteiger partial charge in [0.25, 0.3) is 11.5 Å². The monoisotopic (exact) mass is 365 g/mol. The number of anilines is 1. The van der Waals surface area contributed by atoms with Crippen LogP contribution in [0, 0.1) is 0 Å². The van der Waals surface area contributed by atoms with E-state index in [0.717, 1.165) is 10.2 Å². The Labute approximate surface area is 152 Å². The number of aromatic nitrogens is 2. The molecule has 0 saturated carbocycles. The van der Waals surface area contributed by atoms with Crippen molar-refractivity contribution < 1.29 is 9.53 Å². The number of para-hydroxylation sites is 1. The highest BCUT2D eigenvalue weighted by molar-refractivity contribution is 7.22. The fourth-order valence-corrected chi connectivity index (χ4v) is 3.58. The van der Waals surface area contributed by atoms with E-state index in [9.17, 15) is 9.59 Å². The molecule has 0 atom stereocenters. The number of nitrogens with zero attached hydrogens (tertiary/aromatic N) is 2. The number of hydrogen-bond acceptors (Lipinski definition) is 5. The number of carbonyl (C=O) groups excluding carboxylic acids is 1. The maximum atomic E-state index is 12.2. The molecule has 130 valence electrons. The van der Waals surface area contributed by atoms with Crippen molar-refractivity contribution in [1.29, 1.82) is 0 Å². The summed E-state index contributed by atoms with van der Waals surface area (Å²) in [6.45, 7) is -0.162. The van der Waals surface area contributed by atoms with Gasteiger partial charge in [0.05, 0.1) is 15.6 Å². The first-order valence-electron chi connectivity index (χ1n) is 7.98. The van der Waals surface area contributed by atoms with E-state index in [4.69, 9.17) is 4.74 Å². The summed E-state index contributed by atoms with van der Waals surface area (Å²) in [5.41, 5.74) is 0.741. The van der Waals surface area contributed by atoms with Crippen LogP contribution in [0.3, 0.4) is 0 Å². The fraction of sp³-hybridized carbons (Fsp3) is 0.105. The van der Waals surface area contributed by atoms with Gasteiger partial charge >= 0.3 is 0 Å². The van der Waals surface area contributed by atoms with Crippen molar-refractivity contribution in [3.05, 3.63) is 65.1 Å². The van der Waals surface area contributed by atoms with E-state index < -0.39 is 0 Å². The molecule has 2 aromatic heterocycles. The molecule has 4 aromatic rings. The Morgan fingerprint density at radius 1 is 1.15 bits per heavy atom. The standard InChI is InChI=1S/C19H15N3O3S/c1-22-10-9-12-13(18(22)24)5-4-7-15(12)25-11-17(23)21-19-20-14-6-2-3-8-16(14)26-19/h2-10H,11H2,1H3,(H,20,21,23). The molecule has 7 heteroatoms. The van der Waals surface area contributed by atoms with Crippen LogP contribution in [0.25, 0.3) is 21.0 Å². The van der Waals surface area contributed by atoms with Crippen molar-refractivity contribution in [2.45, 2.75) is 0 Å². The molecular weight excluding hydrogens is 350 g/mol. The average Bonchev–Trinajstić information content (AvgIpc) is 3.05. The van der Waals surface area contributed by atoms with Crippen LogP contribution >= 0.6 is 11.3 Å². The van der Waals surface area contributed by atoms with E-state index in [1.807, 2.05) is 24.3 Å². The second-order valence-corrected chi connectivity index (χ2v) is 6.80. The zero-order valence-corrected chi connectivity index (χ0v) is 14.7. The lowest BCUT2D eigenvalue weighted by Crippen LogP contribution is -2.20. The van der Waals surface area contributed by atoms with Crippen LogP contribution in [0.15, 0.2) is 59.5 Å². The number of amides is 1. The number of fused-ring (bicyclic) bond motifs is 2. The van der Waals surface area contributed by atoms with Crippen molar-refractivity contribution in [2.24, 2.45) is 7.05 Å². The van der Waals surface area contributed by atoms with Crippen LogP contribution in [-0.2, 0) is 11.8 Å². The second kappa shape index (κ2) is 6.61. The van der Waals surface area contributed by atoms with E-state index >= 15 is 0 Å². The quantitative estimate of drug-likeness (QED) is 0.603. The number of thiazole rings is 1. The summed E-state index contributed by atoms with van der Waals surface area (Å²) in [5, 5.41) is 4.52. The predicted molar refractivity (Wildman–Crippen MR) is 103 cm³/mol. The summed E-state index contributed by atoms with van der Waals surface area (Å²) in [6.07, 6.45) is 1.68. The minimum atomic E-state index is -0.301. The third kappa shape index (κ3) is 3.04. The molecule has 6 nitrogen and oxygen atoms in total. The van der Waals surface area contributed by atoms with Crippen molar-refractivity contribution in [3.8, 4) is 5.75 Å². The molecule has 0 aliphatic heterocycles. The lowest BCUT2D eigenvalue weighted by atomic mass is 10.1. The highest BCUT2D eigenvalue weighted by Crippen LogP contribution is 2.26. The third-order valence-electron chi connectivity index (χ3n) is 3.98. The van der Waals surface area contributed by atoms with Crippen molar-refractivity contribution in [1.82, 2.24) is 9.55 Å². The average molecular weight is 365 g/mol. The van der Waals surface area contributed by atoms with Gasteiger partial charge in [0.2, 0.25) is 0 Å². The Morgan fingerprint density at radius 3 is 2.85 bits per heavy atom. The summed E-state index contributed by atoms with van der Waals surface area (Å²) < 4.78 is 8.15. The second-order valence-electron chi connectivity index (χ2n) is 5.77. The van der Waals surface area contributed by atoms with Crippen LogP contribution in [0.2, 0.25) is 0 Å². The molecule has 0 saturated heterocycles.